The highest BCUT2D eigenvalue weighted by atomic mass is 19.1. The van der Waals surface area contributed by atoms with Gasteiger partial charge in [0.15, 0.2) is 0 Å². The molecule has 0 aliphatic rings. The Labute approximate surface area is 84.1 Å². The number of imidazole rings is 1. The Bertz CT molecular complexity index is 279. The molecule has 80 valence electrons. The van der Waals surface area contributed by atoms with Gasteiger partial charge in [-0.2, -0.15) is 0 Å². The van der Waals surface area contributed by atoms with Gasteiger partial charge >= 0.3 is 0 Å². The average molecular weight is 199 g/mol. The van der Waals surface area contributed by atoms with Gasteiger partial charge in [0.2, 0.25) is 0 Å². The van der Waals surface area contributed by atoms with Gasteiger partial charge in [0.1, 0.15) is 11.5 Å². The van der Waals surface area contributed by atoms with Crippen molar-refractivity contribution in [1.82, 2.24) is 9.55 Å². The summed E-state index contributed by atoms with van der Waals surface area (Å²) >= 11 is 0. The Hall–Kier alpha value is -0.900. The van der Waals surface area contributed by atoms with E-state index in [-0.39, 0.29) is 6.54 Å². The van der Waals surface area contributed by atoms with E-state index >= 15 is 0 Å². The minimum Gasteiger partial charge on any atom is -0.335 e. The van der Waals surface area contributed by atoms with Crippen LogP contribution in [0.4, 0.5) is 4.39 Å². The average Bonchev–Trinajstić information content (AvgIpc) is 2.65. The van der Waals surface area contributed by atoms with Gasteiger partial charge in [-0.3, -0.25) is 0 Å². The predicted molar refractivity (Wildman–Crippen MR) is 54.8 cm³/mol. The lowest BCUT2D eigenvalue weighted by Crippen LogP contribution is -2.35. The molecule has 1 aromatic heterocycles. The third-order valence-corrected chi connectivity index (χ3v) is 2.62. The van der Waals surface area contributed by atoms with Crippen molar-refractivity contribution in [2.45, 2.75) is 38.9 Å². The molecular weight excluding hydrogens is 181 g/mol. The summed E-state index contributed by atoms with van der Waals surface area (Å²) in [7, 11) is 0. The molecule has 1 unspecified atom stereocenters. The highest BCUT2D eigenvalue weighted by Gasteiger charge is 2.27. The van der Waals surface area contributed by atoms with Crippen LogP contribution in [-0.4, -0.2) is 21.8 Å². The van der Waals surface area contributed by atoms with E-state index in [1.54, 1.807) is 6.20 Å². The number of alkyl halides is 1. The first-order valence-electron chi connectivity index (χ1n) is 5.04. The van der Waals surface area contributed by atoms with Gasteiger partial charge in [0, 0.05) is 31.9 Å². The standard InChI is InChI=1S/C10H18FN3/c1-3-10(11,8-12)7-9-13-5-6-14(9)4-2/h5-6H,3-4,7-8,12H2,1-2H3. The first-order chi connectivity index (χ1) is 6.65. The van der Waals surface area contributed by atoms with Crippen molar-refractivity contribution in [2.75, 3.05) is 6.54 Å². The van der Waals surface area contributed by atoms with Gasteiger partial charge in [-0.15, -0.1) is 0 Å². The van der Waals surface area contributed by atoms with Crippen LogP contribution in [0.3, 0.4) is 0 Å². The van der Waals surface area contributed by atoms with Gasteiger partial charge in [0.05, 0.1) is 0 Å². The zero-order chi connectivity index (χ0) is 10.6. The number of nitrogens with zero attached hydrogens (tertiary/aromatic N) is 2. The van der Waals surface area contributed by atoms with Crippen LogP contribution < -0.4 is 5.73 Å². The largest absolute Gasteiger partial charge is 0.335 e. The van der Waals surface area contributed by atoms with E-state index in [9.17, 15) is 4.39 Å². The topological polar surface area (TPSA) is 43.8 Å². The van der Waals surface area contributed by atoms with Crippen LogP contribution in [0.5, 0.6) is 0 Å². The van der Waals surface area contributed by atoms with Crippen LogP contribution in [-0.2, 0) is 13.0 Å². The summed E-state index contributed by atoms with van der Waals surface area (Å²) in [6, 6.07) is 0. The van der Waals surface area contributed by atoms with E-state index in [1.807, 2.05) is 24.6 Å². The number of hydrogen-bond acceptors (Lipinski definition) is 2. The first-order valence-corrected chi connectivity index (χ1v) is 5.04. The minimum absolute atomic E-state index is 0.0556. The predicted octanol–water partition coefficient (Wildman–Crippen LogP) is 1.52. The summed E-state index contributed by atoms with van der Waals surface area (Å²) in [5.74, 6) is 0.780. The van der Waals surface area contributed by atoms with Crippen LogP contribution in [0.15, 0.2) is 12.4 Å². The summed E-state index contributed by atoms with van der Waals surface area (Å²) in [5, 5.41) is 0. The zero-order valence-electron chi connectivity index (χ0n) is 8.83. The van der Waals surface area contributed by atoms with Gasteiger partial charge in [-0.25, -0.2) is 9.37 Å². The molecule has 3 nitrogen and oxygen atoms in total. The van der Waals surface area contributed by atoms with Crippen molar-refractivity contribution in [3.8, 4) is 0 Å². The lowest BCUT2D eigenvalue weighted by molar-refractivity contribution is 0.162. The summed E-state index contributed by atoms with van der Waals surface area (Å²) in [5.41, 5.74) is 4.11. The molecule has 1 aromatic rings. The fourth-order valence-electron chi connectivity index (χ4n) is 1.42. The molecule has 1 atom stereocenters. The lowest BCUT2D eigenvalue weighted by Gasteiger charge is -2.21. The highest BCUT2D eigenvalue weighted by molar-refractivity contribution is 4.99. The monoisotopic (exact) mass is 199 g/mol. The maximum Gasteiger partial charge on any atom is 0.129 e. The van der Waals surface area contributed by atoms with Gasteiger partial charge in [-0.1, -0.05) is 6.92 Å². The second-order valence-electron chi connectivity index (χ2n) is 3.51. The second-order valence-corrected chi connectivity index (χ2v) is 3.51. The van der Waals surface area contributed by atoms with Crippen LogP contribution in [0.2, 0.25) is 0 Å². The van der Waals surface area contributed by atoms with Crippen molar-refractivity contribution in [1.29, 1.82) is 0 Å². The Balaban J connectivity index is 2.76. The Morgan fingerprint density at radius 1 is 1.57 bits per heavy atom. The van der Waals surface area contributed by atoms with E-state index in [0.29, 0.717) is 12.8 Å². The summed E-state index contributed by atoms with van der Waals surface area (Å²) in [6.45, 7) is 4.70. The number of rotatable bonds is 5. The molecule has 0 spiro atoms. The highest BCUT2D eigenvalue weighted by Crippen LogP contribution is 2.19. The van der Waals surface area contributed by atoms with Crippen LogP contribution in [0.1, 0.15) is 26.1 Å². The molecular formula is C10H18FN3. The Kier molecular flexibility index (Phi) is 3.63. The van der Waals surface area contributed by atoms with E-state index in [0.717, 1.165) is 12.4 Å². The molecule has 4 heteroatoms. The molecule has 14 heavy (non-hydrogen) atoms. The van der Waals surface area contributed by atoms with E-state index < -0.39 is 5.67 Å². The van der Waals surface area contributed by atoms with Gasteiger partial charge < -0.3 is 10.3 Å². The maximum absolute atomic E-state index is 14.0. The van der Waals surface area contributed by atoms with Crippen molar-refractivity contribution in [2.24, 2.45) is 5.73 Å². The quantitative estimate of drug-likeness (QED) is 0.781. The molecule has 0 saturated carbocycles. The summed E-state index contributed by atoms with van der Waals surface area (Å²) in [6.07, 6.45) is 4.30. The second kappa shape index (κ2) is 4.55. The molecule has 0 fully saturated rings. The maximum atomic E-state index is 14.0. The molecule has 0 amide bonds. The Morgan fingerprint density at radius 3 is 2.79 bits per heavy atom. The number of halogens is 1. The third-order valence-electron chi connectivity index (χ3n) is 2.62. The molecule has 1 rings (SSSR count). The summed E-state index contributed by atoms with van der Waals surface area (Å²) in [4.78, 5) is 4.14. The molecule has 0 radical (unpaired) electrons. The molecule has 0 aliphatic heterocycles. The van der Waals surface area contributed by atoms with E-state index in [1.165, 1.54) is 0 Å². The van der Waals surface area contributed by atoms with Crippen LogP contribution in [0, 0.1) is 0 Å². The fourth-order valence-corrected chi connectivity index (χ4v) is 1.42. The lowest BCUT2D eigenvalue weighted by atomic mass is 9.98. The van der Waals surface area contributed by atoms with Crippen molar-refractivity contribution >= 4 is 0 Å². The fraction of sp³-hybridized carbons (Fsp3) is 0.700. The SMILES string of the molecule is CCn1ccnc1CC(F)(CC)CN. The van der Waals surface area contributed by atoms with Crippen molar-refractivity contribution in [3.05, 3.63) is 18.2 Å². The molecule has 0 aromatic carbocycles. The summed E-state index contributed by atoms with van der Waals surface area (Å²) < 4.78 is 15.9. The molecule has 2 N–H and O–H groups in total. The Morgan fingerprint density at radius 2 is 2.29 bits per heavy atom. The third kappa shape index (κ3) is 2.32. The smallest absolute Gasteiger partial charge is 0.129 e. The first kappa shape index (κ1) is 11.2. The number of aromatic nitrogens is 2. The van der Waals surface area contributed by atoms with E-state index in [4.69, 9.17) is 5.73 Å². The number of hydrogen-bond donors (Lipinski definition) is 1. The van der Waals surface area contributed by atoms with Crippen molar-refractivity contribution < 1.29 is 4.39 Å². The number of aryl methyl sites for hydroxylation is 1. The van der Waals surface area contributed by atoms with Crippen LogP contribution in [0.25, 0.3) is 0 Å². The number of nitrogens with two attached hydrogens (primary N) is 1. The van der Waals surface area contributed by atoms with Crippen molar-refractivity contribution in [3.63, 3.8) is 0 Å². The molecule has 0 aliphatic carbocycles. The minimum atomic E-state index is -1.31. The van der Waals surface area contributed by atoms with Gasteiger partial charge in [0.25, 0.3) is 0 Å². The van der Waals surface area contributed by atoms with E-state index in [2.05, 4.69) is 4.98 Å². The van der Waals surface area contributed by atoms with Crippen LogP contribution >= 0.6 is 0 Å². The zero-order valence-corrected chi connectivity index (χ0v) is 8.83. The molecule has 0 bridgehead atoms. The molecule has 0 saturated heterocycles. The normalized spacial score (nSPS) is 15.4. The van der Waals surface area contributed by atoms with Gasteiger partial charge in [-0.05, 0) is 13.3 Å². The molecule has 1 heterocycles.